The van der Waals surface area contributed by atoms with E-state index in [1.165, 1.54) is 39.5 Å². The van der Waals surface area contributed by atoms with E-state index in [-0.39, 0.29) is 16.3 Å². The van der Waals surface area contributed by atoms with Gasteiger partial charge in [-0.15, -0.1) is 0 Å². The lowest BCUT2D eigenvalue weighted by atomic mass is 10.1. The number of halogens is 1. The van der Waals surface area contributed by atoms with Crippen LogP contribution in [0, 0.1) is 0 Å². The van der Waals surface area contributed by atoms with Gasteiger partial charge in [-0.2, -0.15) is 0 Å². The second kappa shape index (κ2) is 11.3. The number of nitrogens with one attached hydrogen (secondary N) is 1. The minimum atomic E-state index is -4.12. The summed E-state index contributed by atoms with van der Waals surface area (Å²) in [6, 6.07) is 17.3. The lowest BCUT2D eigenvalue weighted by Gasteiger charge is -2.26. The highest BCUT2D eigenvalue weighted by molar-refractivity contribution is 7.92. The minimum Gasteiger partial charge on any atom is -0.495 e. The average Bonchev–Trinajstić information content (AvgIpc) is 2.87. The fourth-order valence-electron chi connectivity index (χ4n) is 3.50. The molecule has 3 aromatic rings. The van der Waals surface area contributed by atoms with Crippen molar-refractivity contribution in [2.45, 2.75) is 17.9 Å². The normalized spacial score (nSPS) is 11.9. The van der Waals surface area contributed by atoms with Crippen molar-refractivity contribution >= 4 is 33.2 Å². The molecular weight excluding hydrogens is 492 g/mol. The number of sulfonamides is 1. The van der Waals surface area contributed by atoms with Crippen LogP contribution in [0.15, 0.2) is 71.6 Å². The second-order valence-corrected chi connectivity index (χ2v) is 9.84. The third-order valence-electron chi connectivity index (χ3n) is 5.31. The van der Waals surface area contributed by atoms with E-state index >= 15 is 0 Å². The Hall–Kier alpha value is -3.43. The Labute approximate surface area is 210 Å². The van der Waals surface area contributed by atoms with Crippen molar-refractivity contribution in [3.63, 3.8) is 0 Å². The lowest BCUT2D eigenvalue weighted by molar-refractivity contribution is -0.120. The maximum absolute atomic E-state index is 13.6. The molecule has 0 radical (unpaired) electrons. The number of benzene rings is 3. The first-order valence-corrected chi connectivity index (χ1v) is 12.5. The lowest BCUT2D eigenvalue weighted by Crippen LogP contribution is -2.41. The van der Waals surface area contributed by atoms with Crippen molar-refractivity contribution in [3.8, 4) is 17.2 Å². The zero-order chi connectivity index (χ0) is 25.6. The molecule has 0 aliphatic carbocycles. The van der Waals surface area contributed by atoms with Crippen LogP contribution >= 0.6 is 11.6 Å². The molecule has 1 unspecified atom stereocenters. The van der Waals surface area contributed by atoms with Crippen molar-refractivity contribution in [1.29, 1.82) is 0 Å². The Morgan fingerprint density at radius 2 is 1.54 bits per heavy atom. The first-order chi connectivity index (χ1) is 16.7. The molecule has 3 aromatic carbocycles. The van der Waals surface area contributed by atoms with Gasteiger partial charge < -0.3 is 19.5 Å². The standard InChI is InChI=1S/C25H27ClN2O6S/c1-17(18-10-12-23(33-3)24(14-18)34-4)27-25(29)16-28(21-15-19(26)11-13-22(21)32-2)35(30,31)20-8-6-5-7-9-20/h5-15,17H,16H2,1-4H3,(H,27,29). The molecule has 0 heterocycles. The molecule has 1 N–H and O–H groups in total. The topological polar surface area (TPSA) is 94.2 Å². The number of methoxy groups -OCH3 is 3. The predicted octanol–water partition coefficient (Wildman–Crippen LogP) is 4.44. The third-order valence-corrected chi connectivity index (χ3v) is 7.32. The maximum atomic E-state index is 13.6. The van der Waals surface area contributed by atoms with Crippen LogP contribution < -0.4 is 23.8 Å². The van der Waals surface area contributed by atoms with Gasteiger partial charge in [-0.05, 0) is 55.0 Å². The summed E-state index contributed by atoms with van der Waals surface area (Å²) in [5, 5.41) is 3.14. The van der Waals surface area contributed by atoms with Crippen LogP contribution in [0.3, 0.4) is 0 Å². The van der Waals surface area contributed by atoms with Crippen molar-refractivity contribution < 1.29 is 27.4 Å². The highest BCUT2D eigenvalue weighted by Crippen LogP contribution is 2.35. The number of hydrogen-bond acceptors (Lipinski definition) is 6. The van der Waals surface area contributed by atoms with Gasteiger partial charge in [-0.3, -0.25) is 9.10 Å². The molecule has 0 aliphatic rings. The van der Waals surface area contributed by atoms with Crippen molar-refractivity contribution in [3.05, 3.63) is 77.3 Å². The number of nitrogens with zero attached hydrogens (tertiary/aromatic N) is 1. The van der Waals surface area contributed by atoms with Crippen LogP contribution in [0.1, 0.15) is 18.5 Å². The van der Waals surface area contributed by atoms with E-state index in [9.17, 15) is 13.2 Å². The Balaban J connectivity index is 1.94. The van der Waals surface area contributed by atoms with E-state index in [0.717, 1.165) is 9.87 Å². The summed E-state index contributed by atoms with van der Waals surface area (Å²) in [5.74, 6) is 0.814. The van der Waals surface area contributed by atoms with Crippen LogP contribution in [0.4, 0.5) is 5.69 Å². The molecule has 1 atom stereocenters. The van der Waals surface area contributed by atoms with Gasteiger partial charge in [0.05, 0.1) is 38.0 Å². The highest BCUT2D eigenvalue weighted by atomic mass is 35.5. The van der Waals surface area contributed by atoms with E-state index in [1.807, 2.05) is 0 Å². The molecule has 1 amide bonds. The average molecular weight is 519 g/mol. The highest BCUT2D eigenvalue weighted by Gasteiger charge is 2.30. The molecular formula is C25H27ClN2O6S. The summed E-state index contributed by atoms with van der Waals surface area (Å²) in [5.41, 5.74) is 0.909. The van der Waals surface area contributed by atoms with E-state index in [4.69, 9.17) is 25.8 Å². The number of ether oxygens (including phenoxy) is 3. The van der Waals surface area contributed by atoms with Gasteiger partial charge in [0, 0.05) is 5.02 Å². The summed E-state index contributed by atoms with van der Waals surface area (Å²) in [6.45, 7) is 1.29. The van der Waals surface area contributed by atoms with Gasteiger partial charge >= 0.3 is 0 Å². The predicted molar refractivity (Wildman–Crippen MR) is 135 cm³/mol. The van der Waals surface area contributed by atoms with Crippen molar-refractivity contribution in [2.75, 3.05) is 32.2 Å². The van der Waals surface area contributed by atoms with Crippen molar-refractivity contribution in [1.82, 2.24) is 5.32 Å². The van der Waals surface area contributed by atoms with E-state index < -0.39 is 28.5 Å². The molecule has 0 aromatic heterocycles. The minimum absolute atomic E-state index is 0.0303. The monoisotopic (exact) mass is 518 g/mol. The van der Waals surface area contributed by atoms with Gasteiger partial charge in [0.1, 0.15) is 12.3 Å². The molecule has 0 saturated heterocycles. The van der Waals surface area contributed by atoms with Crippen LogP contribution in [0.5, 0.6) is 17.2 Å². The van der Waals surface area contributed by atoms with E-state index in [1.54, 1.807) is 55.5 Å². The largest absolute Gasteiger partial charge is 0.495 e. The Morgan fingerprint density at radius 3 is 2.17 bits per heavy atom. The Kier molecular flexibility index (Phi) is 8.48. The van der Waals surface area contributed by atoms with Gasteiger partial charge in [-0.1, -0.05) is 35.9 Å². The maximum Gasteiger partial charge on any atom is 0.264 e. The summed E-state index contributed by atoms with van der Waals surface area (Å²) >= 11 is 6.17. The van der Waals surface area contributed by atoms with Crippen LogP contribution in [0.25, 0.3) is 0 Å². The number of carbonyl (C=O) groups excluding carboxylic acids is 1. The zero-order valence-electron chi connectivity index (χ0n) is 19.8. The summed E-state index contributed by atoms with van der Waals surface area (Å²) in [7, 11) is 0.354. The summed E-state index contributed by atoms with van der Waals surface area (Å²) in [4.78, 5) is 13.1. The number of rotatable bonds is 10. The summed E-state index contributed by atoms with van der Waals surface area (Å²) < 4.78 is 44.1. The van der Waals surface area contributed by atoms with Gasteiger partial charge in [0.2, 0.25) is 5.91 Å². The fraction of sp³-hybridized carbons (Fsp3) is 0.240. The molecule has 186 valence electrons. The molecule has 0 bridgehead atoms. The quantitative estimate of drug-likeness (QED) is 0.426. The first kappa shape index (κ1) is 26.2. The van der Waals surface area contributed by atoms with Crippen molar-refractivity contribution in [2.24, 2.45) is 0 Å². The number of carbonyl (C=O) groups is 1. The number of amides is 1. The van der Waals surface area contributed by atoms with Crippen LogP contribution in [0.2, 0.25) is 5.02 Å². The zero-order valence-corrected chi connectivity index (χ0v) is 21.4. The van der Waals surface area contributed by atoms with Crippen LogP contribution in [-0.2, 0) is 14.8 Å². The molecule has 8 nitrogen and oxygen atoms in total. The molecule has 0 aliphatic heterocycles. The summed E-state index contributed by atoms with van der Waals surface area (Å²) in [6.07, 6.45) is 0. The van der Waals surface area contributed by atoms with E-state index in [0.29, 0.717) is 16.5 Å². The Morgan fingerprint density at radius 1 is 0.914 bits per heavy atom. The third kappa shape index (κ3) is 5.98. The number of hydrogen-bond donors (Lipinski definition) is 1. The van der Waals surface area contributed by atoms with Crippen LogP contribution in [-0.4, -0.2) is 42.2 Å². The SMILES string of the molecule is COc1ccc(C(C)NC(=O)CN(c2cc(Cl)ccc2OC)S(=O)(=O)c2ccccc2)cc1OC. The molecule has 10 heteroatoms. The van der Waals surface area contributed by atoms with Gasteiger partial charge in [-0.25, -0.2) is 8.42 Å². The van der Waals surface area contributed by atoms with Gasteiger partial charge in [0.15, 0.2) is 11.5 Å². The molecule has 0 spiro atoms. The molecule has 35 heavy (non-hydrogen) atoms. The molecule has 3 rings (SSSR count). The van der Waals surface area contributed by atoms with Gasteiger partial charge in [0.25, 0.3) is 10.0 Å². The van der Waals surface area contributed by atoms with E-state index in [2.05, 4.69) is 5.32 Å². The smallest absolute Gasteiger partial charge is 0.264 e. The first-order valence-electron chi connectivity index (χ1n) is 10.6. The Bertz CT molecular complexity index is 1280. The number of anilines is 1. The molecule has 0 saturated carbocycles. The fourth-order valence-corrected chi connectivity index (χ4v) is 5.11. The molecule has 0 fully saturated rings. The second-order valence-electron chi connectivity index (χ2n) is 7.54.